The van der Waals surface area contributed by atoms with Crippen LogP contribution >= 0.6 is 0 Å². The van der Waals surface area contributed by atoms with Gasteiger partial charge in [0.1, 0.15) is 12.4 Å². The van der Waals surface area contributed by atoms with Crippen molar-refractivity contribution in [3.8, 4) is 5.75 Å². The maximum absolute atomic E-state index is 5.93. The Hall–Kier alpha value is -1.24. The topological polar surface area (TPSA) is 9.23 Å². The highest BCUT2D eigenvalue weighted by atomic mass is 16.5. The van der Waals surface area contributed by atoms with E-state index in [2.05, 4.69) is 65.8 Å². The summed E-state index contributed by atoms with van der Waals surface area (Å²) in [7, 11) is 0. The van der Waals surface area contributed by atoms with E-state index in [4.69, 9.17) is 4.74 Å². The Bertz CT molecular complexity index is 481. The molecule has 0 bridgehead atoms. The highest BCUT2D eigenvalue weighted by Crippen LogP contribution is 2.39. The molecule has 1 aromatic rings. The first-order chi connectivity index (χ1) is 8.19. The second kappa shape index (κ2) is 4.15. The lowest BCUT2D eigenvalue weighted by molar-refractivity contribution is 0.309. The molecule has 0 aliphatic carbocycles. The molecule has 1 aromatic carbocycles. The molecule has 0 radical (unpaired) electrons. The molecule has 0 atom stereocenters. The van der Waals surface area contributed by atoms with E-state index in [1.165, 1.54) is 16.7 Å². The predicted molar refractivity (Wildman–Crippen MR) is 78.1 cm³/mol. The van der Waals surface area contributed by atoms with Gasteiger partial charge in [-0.3, -0.25) is 0 Å². The number of benzene rings is 1. The smallest absolute Gasteiger partial charge is 0.127 e. The Labute approximate surface area is 111 Å². The fraction of sp³-hybridized carbons (Fsp3) is 0.529. The molecule has 2 rings (SSSR count). The van der Waals surface area contributed by atoms with Crippen molar-refractivity contribution in [2.24, 2.45) is 5.41 Å². The summed E-state index contributed by atoms with van der Waals surface area (Å²) in [5, 5.41) is 0. The number of fused-ring (bicyclic) bond motifs is 1. The van der Waals surface area contributed by atoms with Crippen LogP contribution in [0.1, 0.15) is 52.7 Å². The third kappa shape index (κ3) is 2.45. The van der Waals surface area contributed by atoms with Crippen LogP contribution in [-0.4, -0.2) is 6.61 Å². The van der Waals surface area contributed by atoms with Crippen LogP contribution in [-0.2, 0) is 5.41 Å². The van der Waals surface area contributed by atoms with Crippen molar-refractivity contribution >= 4 is 6.08 Å². The summed E-state index contributed by atoms with van der Waals surface area (Å²) >= 11 is 0. The van der Waals surface area contributed by atoms with Gasteiger partial charge in [-0.25, -0.2) is 0 Å². The third-order valence-corrected chi connectivity index (χ3v) is 3.54. The first-order valence-electron chi connectivity index (χ1n) is 6.67. The van der Waals surface area contributed by atoms with E-state index in [1.54, 1.807) is 0 Å². The largest absolute Gasteiger partial charge is 0.489 e. The van der Waals surface area contributed by atoms with Crippen LogP contribution in [0.4, 0.5) is 0 Å². The maximum Gasteiger partial charge on any atom is 0.127 e. The molecule has 1 aliphatic rings. The Balaban J connectivity index is 2.58. The summed E-state index contributed by atoms with van der Waals surface area (Å²) in [4.78, 5) is 0. The normalized spacial score (nSPS) is 15.8. The van der Waals surface area contributed by atoms with Gasteiger partial charge in [-0.1, -0.05) is 53.7 Å². The van der Waals surface area contributed by atoms with Gasteiger partial charge < -0.3 is 4.74 Å². The lowest BCUT2D eigenvalue weighted by Crippen LogP contribution is -2.21. The van der Waals surface area contributed by atoms with Crippen molar-refractivity contribution in [2.75, 3.05) is 6.61 Å². The zero-order valence-electron chi connectivity index (χ0n) is 12.4. The highest BCUT2D eigenvalue weighted by Gasteiger charge is 2.26. The summed E-state index contributed by atoms with van der Waals surface area (Å²) in [6.45, 7) is 14.2. The maximum atomic E-state index is 5.93. The van der Waals surface area contributed by atoms with Gasteiger partial charge in [-0.05, 0) is 34.1 Å². The third-order valence-electron chi connectivity index (χ3n) is 3.54. The number of rotatable bonds is 0. The average Bonchev–Trinajstić information content (AvgIpc) is 2.25. The zero-order valence-corrected chi connectivity index (χ0v) is 12.4. The van der Waals surface area contributed by atoms with Crippen LogP contribution < -0.4 is 4.74 Å². The Kier molecular flexibility index (Phi) is 3.04. The molecule has 0 saturated carbocycles. The minimum Gasteiger partial charge on any atom is -0.489 e. The van der Waals surface area contributed by atoms with Crippen molar-refractivity contribution in [1.82, 2.24) is 0 Å². The molecule has 1 heterocycles. The molecule has 1 heteroatoms. The van der Waals surface area contributed by atoms with Crippen LogP contribution in [0.5, 0.6) is 5.75 Å². The minimum absolute atomic E-state index is 0.144. The van der Waals surface area contributed by atoms with E-state index in [9.17, 15) is 0 Å². The van der Waals surface area contributed by atoms with E-state index in [0.717, 1.165) is 5.75 Å². The predicted octanol–water partition coefficient (Wildman–Crippen LogP) is 4.81. The average molecular weight is 244 g/mol. The van der Waals surface area contributed by atoms with Crippen LogP contribution in [0.2, 0.25) is 0 Å². The monoisotopic (exact) mass is 244 g/mol. The zero-order chi connectivity index (χ0) is 13.6. The van der Waals surface area contributed by atoms with Gasteiger partial charge in [0.2, 0.25) is 0 Å². The molecular weight excluding hydrogens is 220 g/mol. The minimum atomic E-state index is 0.144. The Morgan fingerprint density at radius 1 is 0.944 bits per heavy atom. The standard InChI is InChI=1S/C17H24O/c1-16(2,3)12-10-13-14(17(4,5)6)8-7-9-15(13)18-11-12/h7-10H,11H2,1-6H3. The van der Waals surface area contributed by atoms with E-state index in [-0.39, 0.29) is 10.8 Å². The molecule has 98 valence electrons. The van der Waals surface area contributed by atoms with Crippen molar-refractivity contribution < 1.29 is 4.74 Å². The highest BCUT2D eigenvalue weighted by molar-refractivity contribution is 5.67. The molecule has 18 heavy (non-hydrogen) atoms. The quantitative estimate of drug-likeness (QED) is 0.636. The number of ether oxygens (including phenoxy) is 1. The molecule has 0 aromatic heterocycles. The second-order valence-corrected chi connectivity index (χ2v) is 7.18. The SMILES string of the molecule is CC(C)(C)C1=Cc2c(cccc2C(C)(C)C)OC1. The molecule has 0 unspecified atom stereocenters. The molecule has 0 amide bonds. The van der Waals surface area contributed by atoms with Crippen molar-refractivity contribution in [3.05, 3.63) is 34.9 Å². The lowest BCUT2D eigenvalue weighted by atomic mass is 9.79. The van der Waals surface area contributed by atoms with E-state index < -0.39 is 0 Å². The van der Waals surface area contributed by atoms with Crippen molar-refractivity contribution in [2.45, 2.75) is 47.0 Å². The van der Waals surface area contributed by atoms with Crippen LogP contribution in [0.25, 0.3) is 6.08 Å². The first kappa shape index (κ1) is 13.2. The molecule has 0 saturated heterocycles. The number of hydrogen-bond acceptors (Lipinski definition) is 1. The fourth-order valence-corrected chi connectivity index (χ4v) is 2.28. The van der Waals surface area contributed by atoms with E-state index in [0.29, 0.717) is 6.61 Å². The van der Waals surface area contributed by atoms with Crippen LogP contribution in [0.15, 0.2) is 23.8 Å². The van der Waals surface area contributed by atoms with Gasteiger partial charge in [0.05, 0.1) is 0 Å². The molecule has 0 N–H and O–H groups in total. The Morgan fingerprint density at radius 3 is 2.17 bits per heavy atom. The summed E-state index contributed by atoms with van der Waals surface area (Å²) in [5.41, 5.74) is 4.31. The van der Waals surface area contributed by atoms with Gasteiger partial charge in [-0.15, -0.1) is 0 Å². The molecule has 0 fully saturated rings. The van der Waals surface area contributed by atoms with Crippen molar-refractivity contribution in [3.63, 3.8) is 0 Å². The van der Waals surface area contributed by atoms with Gasteiger partial charge in [0.15, 0.2) is 0 Å². The summed E-state index contributed by atoms with van der Waals surface area (Å²) in [6, 6.07) is 6.38. The van der Waals surface area contributed by atoms with Gasteiger partial charge in [-0.2, -0.15) is 0 Å². The first-order valence-corrected chi connectivity index (χ1v) is 6.67. The molecule has 1 aliphatic heterocycles. The van der Waals surface area contributed by atoms with Gasteiger partial charge in [0.25, 0.3) is 0 Å². The van der Waals surface area contributed by atoms with Gasteiger partial charge >= 0.3 is 0 Å². The molecule has 1 nitrogen and oxygen atoms in total. The number of hydrogen-bond donors (Lipinski definition) is 0. The summed E-state index contributed by atoms with van der Waals surface area (Å²) < 4.78 is 5.93. The molecule has 0 spiro atoms. The fourth-order valence-electron chi connectivity index (χ4n) is 2.28. The second-order valence-electron chi connectivity index (χ2n) is 7.18. The van der Waals surface area contributed by atoms with Crippen LogP contribution in [0, 0.1) is 5.41 Å². The van der Waals surface area contributed by atoms with E-state index >= 15 is 0 Å². The lowest BCUT2D eigenvalue weighted by Gasteiger charge is -2.31. The summed E-state index contributed by atoms with van der Waals surface area (Å²) in [5.74, 6) is 1.02. The Morgan fingerprint density at radius 2 is 1.61 bits per heavy atom. The van der Waals surface area contributed by atoms with Crippen LogP contribution in [0.3, 0.4) is 0 Å². The van der Waals surface area contributed by atoms with E-state index in [1.807, 2.05) is 0 Å². The summed E-state index contributed by atoms with van der Waals surface area (Å²) in [6.07, 6.45) is 2.33. The molecular formula is C17H24O. The van der Waals surface area contributed by atoms with Gasteiger partial charge in [0, 0.05) is 5.56 Å². The van der Waals surface area contributed by atoms with Crippen molar-refractivity contribution in [1.29, 1.82) is 0 Å².